The lowest BCUT2D eigenvalue weighted by atomic mass is 9.94. The van der Waals surface area contributed by atoms with Crippen molar-refractivity contribution in [3.8, 4) is 5.95 Å². The Kier molecular flexibility index (Phi) is 5.39. The molecule has 0 atom stereocenters. The Morgan fingerprint density at radius 3 is 2.55 bits per heavy atom. The van der Waals surface area contributed by atoms with E-state index in [2.05, 4.69) is 15.0 Å². The molecule has 5 rings (SSSR count). The molecule has 0 saturated carbocycles. The minimum absolute atomic E-state index is 0.0809. The molecule has 0 radical (unpaired) electrons. The molecule has 0 aliphatic carbocycles. The SMILES string of the molecule is CC(C)n1c(=O)n(-c2noc(C3CCN(C4CCOCC4)CC3)n2)c2cc(F)ccc21. The molecule has 9 heteroatoms. The average Bonchev–Trinajstić information content (AvgIpc) is 3.36. The molecule has 2 aromatic heterocycles. The number of halogens is 1. The lowest BCUT2D eigenvalue weighted by molar-refractivity contribution is 0.0239. The molecule has 2 fully saturated rings. The van der Waals surface area contributed by atoms with E-state index in [1.54, 1.807) is 10.6 Å². The second kappa shape index (κ2) is 8.20. The number of nitrogens with zero attached hydrogens (tertiary/aromatic N) is 5. The summed E-state index contributed by atoms with van der Waals surface area (Å²) in [6.07, 6.45) is 4.07. The topological polar surface area (TPSA) is 78.3 Å². The van der Waals surface area contributed by atoms with Gasteiger partial charge in [0.25, 0.3) is 5.95 Å². The summed E-state index contributed by atoms with van der Waals surface area (Å²) < 4.78 is 28.0. The van der Waals surface area contributed by atoms with E-state index >= 15 is 0 Å². The highest BCUT2D eigenvalue weighted by Crippen LogP contribution is 2.30. The van der Waals surface area contributed by atoms with Crippen molar-refractivity contribution in [2.75, 3.05) is 26.3 Å². The van der Waals surface area contributed by atoms with E-state index < -0.39 is 5.82 Å². The maximum absolute atomic E-state index is 14.0. The van der Waals surface area contributed by atoms with Crippen LogP contribution in [-0.4, -0.2) is 56.5 Å². The number of aromatic nitrogens is 4. The molecule has 0 spiro atoms. The Morgan fingerprint density at radius 1 is 1.10 bits per heavy atom. The monoisotopic (exact) mass is 429 g/mol. The Balaban J connectivity index is 1.40. The fourth-order valence-electron chi connectivity index (χ4n) is 4.93. The van der Waals surface area contributed by atoms with Gasteiger partial charge in [-0.15, -0.1) is 0 Å². The number of benzene rings is 1. The summed E-state index contributed by atoms with van der Waals surface area (Å²) in [4.78, 5) is 20.2. The van der Waals surface area contributed by atoms with Gasteiger partial charge < -0.3 is 14.2 Å². The van der Waals surface area contributed by atoms with Crippen LogP contribution in [0, 0.1) is 5.82 Å². The van der Waals surface area contributed by atoms with E-state index in [1.165, 1.54) is 16.7 Å². The van der Waals surface area contributed by atoms with Crippen LogP contribution in [0.1, 0.15) is 57.4 Å². The first-order valence-corrected chi connectivity index (χ1v) is 11.1. The summed E-state index contributed by atoms with van der Waals surface area (Å²) in [7, 11) is 0. The first kappa shape index (κ1) is 20.4. The largest absolute Gasteiger partial charge is 0.381 e. The van der Waals surface area contributed by atoms with E-state index in [4.69, 9.17) is 9.26 Å². The highest BCUT2D eigenvalue weighted by molar-refractivity contribution is 5.77. The van der Waals surface area contributed by atoms with Crippen LogP contribution in [0.15, 0.2) is 27.5 Å². The van der Waals surface area contributed by atoms with Crippen molar-refractivity contribution in [2.24, 2.45) is 0 Å². The molecule has 4 heterocycles. The second-order valence-electron chi connectivity index (χ2n) is 8.80. The highest BCUT2D eigenvalue weighted by atomic mass is 19.1. The number of imidazole rings is 1. The number of ether oxygens (including phenoxy) is 1. The Labute approximate surface area is 179 Å². The van der Waals surface area contributed by atoms with Gasteiger partial charge in [0.1, 0.15) is 5.82 Å². The number of hydrogen-bond donors (Lipinski definition) is 0. The van der Waals surface area contributed by atoms with E-state index in [-0.39, 0.29) is 23.6 Å². The van der Waals surface area contributed by atoms with Crippen LogP contribution in [0.25, 0.3) is 17.0 Å². The number of likely N-dealkylation sites (tertiary alicyclic amines) is 1. The van der Waals surface area contributed by atoms with Crippen LogP contribution >= 0.6 is 0 Å². The molecular formula is C22H28FN5O3. The third-order valence-corrected chi connectivity index (χ3v) is 6.57. The summed E-state index contributed by atoms with van der Waals surface area (Å²) in [6, 6.07) is 4.85. The number of fused-ring (bicyclic) bond motifs is 1. The molecule has 2 aliphatic rings. The number of hydrogen-bond acceptors (Lipinski definition) is 6. The van der Waals surface area contributed by atoms with E-state index in [1.807, 2.05) is 13.8 Å². The minimum Gasteiger partial charge on any atom is -0.381 e. The van der Waals surface area contributed by atoms with Crippen molar-refractivity contribution in [3.63, 3.8) is 0 Å². The summed E-state index contributed by atoms with van der Waals surface area (Å²) in [5.74, 6) is 0.479. The Morgan fingerprint density at radius 2 is 1.84 bits per heavy atom. The summed E-state index contributed by atoms with van der Waals surface area (Å²) >= 11 is 0. The first-order chi connectivity index (χ1) is 15.0. The molecular weight excluding hydrogens is 401 g/mol. The molecule has 31 heavy (non-hydrogen) atoms. The van der Waals surface area contributed by atoms with Crippen molar-refractivity contribution in [3.05, 3.63) is 40.4 Å². The molecule has 0 amide bonds. The standard InChI is InChI=1S/C22H28FN5O3/c1-14(2)27-18-4-3-16(23)13-19(18)28(22(27)29)21-24-20(31-25-21)15-5-9-26(10-6-15)17-7-11-30-12-8-17/h3-4,13-15,17H,5-12H2,1-2H3. The van der Waals surface area contributed by atoms with Gasteiger partial charge >= 0.3 is 5.69 Å². The van der Waals surface area contributed by atoms with Gasteiger partial charge in [0.05, 0.1) is 11.0 Å². The van der Waals surface area contributed by atoms with Gasteiger partial charge in [0.15, 0.2) is 0 Å². The van der Waals surface area contributed by atoms with Crippen molar-refractivity contribution < 1.29 is 13.7 Å². The molecule has 166 valence electrons. The molecule has 0 bridgehead atoms. The van der Waals surface area contributed by atoms with Gasteiger partial charge in [-0.2, -0.15) is 4.98 Å². The zero-order chi connectivity index (χ0) is 21.5. The van der Waals surface area contributed by atoms with E-state index in [0.717, 1.165) is 52.0 Å². The maximum atomic E-state index is 14.0. The summed E-state index contributed by atoms with van der Waals surface area (Å²) in [5, 5.41) is 4.09. The Bertz CT molecular complexity index is 1120. The van der Waals surface area contributed by atoms with Gasteiger partial charge in [-0.1, -0.05) is 0 Å². The molecule has 2 aliphatic heterocycles. The molecule has 8 nitrogen and oxygen atoms in total. The fourth-order valence-corrected chi connectivity index (χ4v) is 4.93. The van der Waals surface area contributed by atoms with Crippen LogP contribution in [0.5, 0.6) is 0 Å². The quantitative estimate of drug-likeness (QED) is 0.634. The lowest BCUT2D eigenvalue weighted by Crippen LogP contribution is -2.43. The third kappa shape index (κ3) is 3.70. The first-order valence-electron chi connectivity index (χ1n) is 11.1. The van der Waals surface area contributed by atoms with Gasteiger partial charge in [0.2, 0.25) is 5.89 Å². The van der Waals surface area contributed by atoms with E-state index in [9.17, 15) is 9.18 Å². The van der Waals surface area contributed by atoms with Crippen molar-refractivity contribution in [1.82, 2.24) is 24.2 Å². The normalized spacial score (nSPS) is 19.6. The zero-order valence-corrected chi connectivity index (χ0v) is 18.0. The zero-order valence-electron chi connectivity index (χ0n) is 18.0. The minimum atomic E-state index is -0.411. The highest BCUT2D eigenvalue weighted by Gasteiger charge is 2.30. The molecule has 0 N–H and O–H groups in total. The smallest absolute Gasteiger partial charge is 0.336 e. The van der Waals surface area contributed by atoms with Crippen molar-refractivity contribution in [1.29, 1.82) is 0 Å². The predicted molar refractivity (Wildman–Crippen MR) is 113 cm³/mol. The van der Waals surface area contributed by atoms with Gasteiger partial charge in [-0.05, 0) is 69.9 Å². The fraction of sp³-hybridized carbons (Fsp3) is 0.591. The van der Waals surface area contributed by atoms with Crippen molar-refractivity contribution >= 4 is 11.0 Å². The molecule has 0 unspecified atom stereocenters. The van der Waals surface area contributed by atoms with Crippen LogP contribution in [-0.2, 0) is 4.74 Å². The lowest BCUT2D eigenvalue weighted by Gasteiger charge is -2.38. The third-order valence-electron chi connectivity index (χ3n) is 6.57. The molecule has 2 saturated heterocycles. The van der Waals surface area contributed by atoms with Gasteiger partial charge in [0, 0.05) is 37.3 Å². The maximum Gasteiger partial charge on any atom is 0.336 e. The number of piperidine rings is 1. The predicted octanol–water partition coefficient (Wildman–Crippen LogP) is 3.25. The Hall–Kier alpha value is -2.52. The molecule has 1 aromatic carbocycles. The number of rotatable bonds is 4. The van der Waals surface area contributed by atoms with Crippen molar-refractivity contribution in [2.45, 2.75) is 57.5 Å². The summed E-state index contributed by atoms with van der Waals surface area (Å²) in [5.41, 5.74) is 0.801. The van der Waals surface area contributed by atoms with Crippen LogP contribution < -0.4 is 5.69 Å². The summed E-state index contributed by atoms with van der Waals surface area (Å²) in [6.45, 7) is 7.51. The average molecular weight is 429 g/mol. The van der Waals surface area contributed by atoms with Crippen LogP contribution in [0.2, 0.25) is 0 Å². The van der Waals surface area contributed by atoms with E-state index in [0.29, 0.717) is 23.0 Å². The van der Waals surface area contributed by atoms with Crippen LogP contribution in [0.4, 0.5) is 4.39 Å². The molecule has 3 aromatic rings. The van der Waals surface area contributed by atoms with Gasteiger partial charge in [-0.3, -0.25) is 4.57 Å². The van der Waals surface area contributed by atoms with Gasteiger partial charge in [-0.25, -0.2) is 13.8 Å². The second-order valence-corrected chi connectivity index (χ2v) is 8.80. The van der Waals surface area contributed by atoms with Crippen LogP contribution in [0.3, 0.4) is 0 Å².